The zero-order valence-electron chi connectivity index (χ0n) is 3.16. The second-order valence-corrected chi connectivity index (χ2v) is 0. The summed E-state index contributed by atoms with van der Waals surface area (Å²) in [5.74, 6) is 0. The Hall–Kier alpha value is 3.27. The molecule has 0 aromatic carbocycles. The van der Waals surface area contributed by atoms with Crippen LogP contribution in [0.2, 0.25) is 0 Å². The normalized spacial score (nSPS) is 0. The Morgan fingerprint density at radius 3 is 0.600 bits per heavy atom. The van der Waals surface area contributed by atoms with Crippen molar-refractivity contribution in [1.82, 2.24) is 0 Å². The molecule has 0 bridgehead atoms. The van der Waals surface area contributed by atoms with Gasteiger partial charge in [-0.1, -0.05) is 0 Å². The van der Waals surface area contributed by atoms with Gasteiger partial charge in [-0.25, -0.2) is 0 Å². The molecule has 0 nitrogen and oxygen atoms in total. The van der Waals surface area contributed by atoms with Gasteiger partial charge in [0.2, 0.25) is 0 Å². The summed E-state index contributed by atoms with van der Waals surface area (Å²) in [5.41, 5.74) is 0. The third-order valence-electron chi connectivity index (χ3n) is 0. The molecular formula is Cl2Na2W. The van der Waals surface area contributed by atoms with Gasteiger partial charge in [-0.3, -0.25) is 0 Å². The Bertz CT molecular complexity index is 7.61. The van der Waals surface area contributed by atoms with Gasteiger partial charge in [0.1, 0.15) is 0 Å². The second-order valence-electron chi connectivity index (χ2n) is 0. The fourth-order valence-corrected chi connectivity index (χ4v) is 0. The van der Waals surface area contributed by atoms with Crippen molar-refractivity contribution in [3.8, 4) is 0 Å². The van der Waals surface area contributed by atoms with Crippen molar-refractivity contribution in [1.29, 1.82) is 0 Å². The molecule has 0 aromatic rings. The van der Waals surface area contributed by atoms with Crippen LogP contribution in [-0.4, -0.2) is 0 Å². The molecule has 0 N–H and O–H groups in total. The first-order chi connectivity index (χ1) is 0. The van der Waals surface area contributed by atoms with Crippen molar-refractivity contribution in [2.45, 2.75) is 0 Å². The third kappa shape index (κ3) is 18.9. The Morgan fingerprint density at radius 1 is 0.600 bits per heavy atom. The maximum Gasteiger partial charge on any atom is 1.00 e. The van der Waals surface area contributed by atoms with Gasteiger partial charge in [0, 0.05) is 21.1 Å². The van der Waals surface area contributed by atoms with Crippen molar-refractivity contribution in [3.05, 3.63) is 0 Å². The number of rotatable bonds is 0. The first-order valence-electron chi connectivity index (χ1n) is 0. The van der Waals surface area contributed by atoms with Crippen LogP contribution in [0.5, 0.6) is 0 Å². The SMILES string of the molecule is [Cl-].[Cl-].[Na+].[Na+].[W]. The Labute approximate surface area is 103 Å². The van der Waals surface area contributed by atoms with E-state index in [0.717, 1.165) is 0 Å². The second kappa shape index (κ2) is 26.7. The summed E-state index contributed by atoms with van der Waals surface area (Å²) < 4.78 is 0. The fraction of sp³-hybridized carbons (Fsp3) is 0. The number of hydrogen-bond acceptors (Lipinski definition) is 0. The molecular weight excluding hydrogens is 301 g/mol. The molecule has 0 amide bonds. The van der Waals surface area contributed by atoms with Gasteiger partial charge in [-0.2, -0.15) is 0 Å². The van der Waals surface area contributed by atoms with E-state index in [4.69, 9.17) is 0 Å². The largest absolute Gasteiger partial charge is 1.00 e. The predicted octanol–water partition coefficient (Wildman–Crippen LogP) is -12.0. The minimum atomic E-state index is 0. The van der Waals surface area contributed by atoms with Crippen LogP contribution in [0.3, 0.4) is 0 Å². The number of halogens is 2. The Morgan fingerprint density at radius 2 is 0.600 bits per heavy atom. The van der Waals surface area contributed by atoms with Crippen molar-refractivity contribution >= 4 is 0 Å². The van der Waals surface area contributed by atoms with Crippen LogP contribution in [0.1, 0.15) is 0 Å². The van der Waals surface area contributed by atoms with E-state index in [-0.39, 0.29) is 105 Å². The Balaban J connectivity index is 0. The smallest absolute Gasteiger partial charge is 1.00 e. The van der Waals surface area contributed by atoms with Gasteiger partial charge in [0.05, 0.1) is 0 Å². The summed E-state index contributed by atoms with van der Waals surface area (Å²) in [7, 11) is 0. The molecule has 0 atom stereocenters. The maximum atomic E-state index is 0. The molecule has 5 heavy (non-hydrogen) atoms. The van der Waals surface area contributed by atoms with Crippen molar-refractivity contribution in [2.24, 2.45) is 0 Å². The summed E-state index contributed by atoms with van der Waals surface area (Å²) >= 11 is 0. The molecule has 0 rings (SSSR count). The zero-order valence-corrected chi connectivity index (χ0v) is 11.6. The van der Waals surface area contributed by atoms with Gasteiger partial charge in [-0.15, -0.1) is 0 Å². The minimum Gasteiger partial charge on any atom is -1.00 e. The fourth-order valence-electron chi connectivity index (χ4n) is 0. The van der Waals surface area contributed by atoms with Crippen LogP contribution in [0.25, 0.3) is 0 Å². The molecule has 0 heterocycles. The van der Waals surface area contributed by atoms with E-state index >= 15 is 0 Å². The van der Waals surface area contributed by atoms with E-state index in [1.807, 2.05) is 0 Å². The van der Waals surface area contributed by atoms with E-state index in [2.05, 4.69) is 0 Å². The molecule has 0 aliphatic heterocycles. The maximum absolute atomic E-state index is 0. The first-order valence-corrected chi connectivity index (χ1v) is 0. The molecule has 0 spiro atoms. The van der Waals surface area contributed by atoms with Crippen LogP contribution in [0.4, 0.5) is 0 Å². The minimum absolute atomic E-state index is 0. The average molecular weight is 301 g/mol. The molecule has 22 valence electrons. The van der Waals surface area contributed by atoms with Gasteiger partial charge < -0.3 is 24.8 Å². The molecule has 0 aliphatic rings. The molecule has 5 heteroatoms. The Kier molecular flexibility index (Phi) is 219. The summed E-state index contributed by atoms with van der Waals surface area (Å²) in [4.78, 5) is 0. The van der Waals surface area contributed by atoms with Crippen LogP contribution < -0.4 is 83.9 Å². The zero-order chi connectivity index (χ0) is 0. The predicted molar refractivity (Wildman–Crippen MR) is 0 cm³/mol. The van der Waals surface area contributed by atoms with E-state index in [0.29, 0.717) is 0 Å². The van der Waals surface area contributed by atoms with Crippen LogP contribution >= 0.6 is 0 Å². The quantitative estimate of drug-likeness (QED) is 0.390. The molecule has 0 fully saturated rings. The summed E-state index contributed by atoms with van der Waals surface area (Å²) in [6, 6.07) is 0. The summed E-state index contributed by atoms with van der Waals surface area (Å²) in [6.07, 6.45) is 0. The van der Waals surface area contributed by atoms with Crippen LogP contribution in [0, 0.1) is 0 Å². The molecule has 0 saturated heterocycles. The van der Waals surface area contributed by atoms with E-state index in [9.17, 15) is 0 Å². The van der Waals surface area contributed by atoms with Gasteiger partial charge in [-0.05, 0) is 0 Å². The topological polar surface area (TPSA) is 0 Å². The van der Waals surface area contributed by atoms with Crippen molar-refractivity contribution < 1.29 is 105 Å². The third-order valence-corrected chi connectivity index (χ3v) is 0. The first kappa shape index (κ1) is 40.9. The monoisotopic (exact) mass is 300 g/mol. The summed E-state index contributed by atoms with van der Waals surface area (Å²) in [6.45, 7) is 0. The van der Waals surface area contributed by atoms with Crippen LogP contribution in [-0.2, 0) is 21.1 Å². The molecule has 0 aromatic heterocycles. The van der Waals surface area contributed by atoms with Gasteiger partial charge in [0.25, 0.3) is 0 Å². The average Bonchev–Trinajstić information content (AvgIpc) is 0. The standard InChI is InChI=1S/2ClH.2Na.W/h2*1H;;;/q;;2*+1;/p-2. The molecule has 0 saturated carbocycles. The van der Waals surface area contributed by atoms with Crippen LogP contribution in [0.15, 0.2) is 0 Å². The van der Waals surface area contributed by atoms with Gasteiger partial charge in [0.15, 0.2) is 0 Å². The van der Waals surface area contributed by atoms with E-state index in [1.54, 1.807) is 0 Å². The van der Waals surface area contributed by atoms with Gasteiger partial charge >= 0.3 is 59.1 Å². The van der Waals surface area contributed by atoms with Crippen molar-refractivity contribution in [2.75, 3.05) is 0 Å². The number of hydrogen-bond donors (Lipinski definition) is 0. The molecule has 0 unspecified atom stereocenters. The summed E-state index contributed by atoms with van der Waals surface area (Å²) in [5, 5.41) is 0. The van der Waals surface area contributed by atoms with E-state index in [1.165, 1.54) is 0 Å². The molecule has 0 aliphatic carbocycles. The molecule has 0 radical (unpaired) electrons. The van der Waals surface area contributed by atoms with E-state index < -0.39 is 0 Å². The van der Waals surface area contributed by atoms with Crippen molar-refractivity contribution in [3.63, 3.8) is 0 Å².